The van der Waals surface area contributed by atoms with Crippen LogP contribution in [0.3, 0.4) is 0 Å². The molecule has 3 aliphatic rings. The molecule has 3 aliphatic carbocycles. The summed E-state index contributed by atoms with van der Waals surface area (Å²) in [5.41, 5.74) is 5.66. The molecular formula is C30H30N2O2S. The minimum absolute atomic E-state index is 0.0610. The minimum atomic E-state index is 0.0610. The highest BCUT2D eigenvalue weighted by atomic mass is 32.1. The third-order valence-electron chi connectivity index (χ3n) is 9.25. The second-order valence-electron chi connectivity index (χ2n) is 10.9. The maximum atomic E-state index is 13.8. The van der Waals surface area contributed by atoms with E-state index in [9.17, 15) is 4.79 Å². The number of ether oxygens (including phenoxy) is 1. The van der Waals surface area contributed by atoms with E-state index in [2.05, 4.69) is 37.3 Å². The van der Waals surface area contributed by atoms with E-state index >= 15 is 0 Å². The topological polar surface area (TPSA) is 44.1 Å². The first-order chi connectivity index (χ1) is 17.1. The molecule has 0 bridgehead atoms. The summed E-state index contributed by atoms with van der Waals surface area (Å²) in [7, 11) is 1.75. The number of benzene rings is 2. The van der Waals surface area contributed by atoms with Crippen LogP contribution in [0.4, 0.5) is 0 Å². The van der Waals surface area contributed by atoms with Crippen LogP contribution in [0.1, 0.15) is 59.2 Å². The molecule has 4 nitrogen and oxygen atoms in total. The maximum Gasteiger partial charge on any atom is 0.262 e. The van der Waals surface area contributed by atoms with Gasteiger partial charge in [-0.25, -0.2) is 4.98 Å². The van der Waals surface area contributed by atoms with E-state index in [1.165, 1.54) is 34.4 Å². The van der Waals surface area contributed by atoms with Crippen molar-refractivity contribution in [1.82, 2.24) is 9.55 Å². The molecule has 0 spiro atoms. The molecule has 35 heavy (non-hydrogen) atoms. The molecule has 2 heterocycles. The molecule has 0 radical (unpaired) electrons. The van der Waals surface area contributed by atoms with Gasteiger partial charge in [0, 0.05) is 4.88 Å². The smallest absolute Gasteiger partial charge is 0.262 e. The summed E-state index contributed by atoms with van der Waals surface area (Å²) in [5, 5.41) is 0.896. The molecule has 0 unspecified atom stereocenters. The van der Waals surface area contributed by atoms with Gasteiger partial charge in [-0.05, 0) is 89.7 Å². The van der Waals surface area contributed by atoms with Gasteiger partial charge in [-0.1, -0.05) is 43.3 Å². The van der Waals surface area contributed by atoms with Crippen LogP contribution in [0.2, 0.25) is 0 Å². The van der Waals surface area contributed by atoms with Crippen molar-refractivity contribution in [2.75, 3.05) is 7.11 Å². The number of rotatable bonds is 3. The number of hydrogen-bond acceptors (Lipinski definition) is 4. The fraction of sp³-hybridized carbons (Fsp3) is 0.400. The molecule has 5 heteroatoms. The Morgan fingerprint density at radius 1 is 1.17 bits per heavy atom. The summed E-state index contributed by atoms with van der Waals surface area (Å²) in [5.74, 6) is 2.87. The average Bonchev–Trinajstić information content (AvgIpc) is 3.40. The number of nitrogens with zero attached hydrogens (tertiary/aromatic N) is 2. The minimum Gasteiger partial charge on any atom is -0.497 e. The van der Waals surface area contributed by atoms with E-state index in [0.717, 1.165) is 40.8 Å². The summed E-state index contributed by atoms with van der Waals surface area (Å²) in [6.07, 6.45) is 7.51. The molecule has 4 atom stereocenters. The Kier molecular flexibility index (Phi) is 4.76. The number of methoxy groups -OCH3 is 1. The van der Waals surface area contributed by atoms with Crippen molar-refractivity contribution in [3.8, 4) is 5.75 Å². The fourth-order valence-corrected chi connectivity index (χ4v) is 8.93. The van der Waals surface area contributed by atoms with E-state index in [1.807, 2.05) is 18.2 Å². The Hall–Kier alpha value is -2.92. The zero-order valence-corrected chi connectivity index (χ0v) is 21.1. The van der Waals surface area contributed by atoms with Gasteiger partial charge in [-0.2, -0.15) is 0 Å². The average molecular weight is 483 g/mol. The lowest BCUT2D eigenvalue weighted by Gasteiger charge is -2.49. The molecule has 0 amide bonds. The maximum absolute atomic E-state index is 13.8. The predicted octanol–water partition coefficient (Wildman–Crippen LogP) is 6.08. The summed E-state index contributed by atoms with van der Waals surface area (Å²) < 4.78 is 7.30. The Labute approximate surface area is 209 Å². The highest BCUT2D eigenvalue weighted by Crippen LogP contribution is 2.62. The first-order valence-electron chi connectivity index (χ1n) is 12.8. The van der Waals surface area contributed by atoms with Crippen molar-refractivity contribution < 1.29 is 4.74 Å². The van der Waals surface area contributed by atoms with Crippen LogP contribution in [-0.2, 0) is 24.8 Å². The lowest BCUT2D eigenvalue weighted by molar-refractivity contribution is 0.106. The van der Waals surface area contributed by atoms with Gasteiger partial charge in [0.2, 0.25) is 0 Å². The lowest BCUT2D eigenvalue weighted by atomic mass is 9.55. The van der Waals surface area contributed by atoms with Gasteiger partial charge in [-0.15, -0.1) is 11.3 Å². The van der Waals surface area contributed by atoms with Crippen LogP contribution in [0.15, 0.2) is 59.7 Å². The third kappa shape index (κ3) is 3.10. The second-order valence-corrected chi connectivity index (χ2v) is 12.0. The summed E-state index contributed by atoms with van der Waals surface area (Å²) in [6, 6.07) is 16.9. The molecule has 7 rings (SSSR count). The molecule has 178 valence electrons. The van der Waals surface area contributed by atoms with E-state index in [4.69, 9.17) is 9.72 Å². The second kappa shape index (κ2) is 7.79. The Balaban J connectivity index is 1.28. The van der Waals surface area contributed by atoms with Crippen LogP contribution in [-0.4, -0.2) is 16.7 Å². The predicted molar refractivity (Wildman–Crippen MR) is 141 cm³/mol. The van der Waals surface area contributed by atoms with Crippen LogP contribution in [0, 0.1) is 11.8 Å². The van der Waals surface area contributed by atoms with Crippen LogP contribution >= 0.6 is 11.3 Å². The molecule has 1 fully saturated rings. The number of aromatic nitrogens is 2. The Morgan fingerprint density at radius 3 is 2.86 bits per heavy atom. The molecule has 0 aliphatic heterocycles. The van der Waals surface area contributed by atoms with Gasteiger partial charge >= 0.3 is 0 Å². The Morgan fingerprint density at radius 2 is 2.03 bits per heavy atom. The van der Waals surface area contributed by atoms with Crippen molar-refractivity contribution in [3.05, 3.63) is 92.3 Å². The monoisotopic (exact) mass is 482 g/mol. The van der Waals surface area contributed by atoms with Crippen molar-refractivity contribution in [1.29, 1.82) is 0 Å². The fourth-order valence-electron chi connectivity index (χ4n) is 7.61. The molecule has 2 aromatic carbocycles. The zero-order valence-electron chi connectivity index (χ0n) is 20.3. The normalized spacial score (nSPS) is 26.6. The van der Waals surface area contributed by atoms with Crippen molar-refractivity contribution in [2.45, 2.75) is 56.9 Å². The third-order valence-corrected chi connectivity index (χ3v) is 10.4. The summed E-state index contributed by atoms with van der Waals surface area (Å²) in [6.45, 7) is 3.02. The van der Waals surface area contributed by atoms with Crippen LogP contribution < -0.4 is 10.3 Å². The highest BCUT2D eigenvalue weighted by molar-refractivity contribution is 7.18. The quantitative estimate of drug-likeness (QED) is 0.355. The van der Waals surface area contributed by atoms with E-state index in [-0.39, 0.29) is 11.0 Å². The van der Waals surface area contributed by atoms with E-state index < -0.39 is 0 Å². The van der Waals surface area contributed by atoms with Crippen LogP contribution in [0.5, 0.6) is 5.75 Å². The number of aryl methyl sites for hydroxylation is 1. The van der Waals surface area contributed by atoms with E-state index in [0.29, 0.717) is 24.3 Å². The van der Waals surface area contributed by atoms with Crippen molar-refractivity contribution >= 4 is 21.6 Å². The van der Waals surface area contributed by atoms with Gasteiger partial charge in [0.1, 0.15) is 10.6 Å². The number of hydrogen-bond donors (Lipinski definition) is 0. The van der Waals surface area contributed by atoms with Gasteiger partial charge in [0.05, 0.1) is 25.4 Å². The zero-order chi connectivity index (χ0) is 23.7. The van der Waals surface area contributed by atoms with Crippen LogP contribution in [0.25, 0.3) is 10.2 Å². The standard InChI is InChI=1S/C30H30N2O2S/c1-30-13-12-22-21-11-9-20(34-2)14-19(21)8-10-23(22)24(30)15-25-27(30)26-28(35-25)31-17-32(29(26)33)16-18-6-4-3-5-7-18/h3-7,9,11,14,17,22-24H,8,10,12-13,15-16H2,1-2H3/t22-,23-,24+,30+/m0/s1. The SMILES string of the molecule is COc1ccc2c(c1)CC[C@@H]1[C@H]3Cc4sc5ncn(Cc6ccccc6)c(=O)c5c4[C@]3(C)CC[C@@H]21. The summed E-state index contributed by atoms with van der Waals surface area (Å²) >= 11 is 1.77. The number of fused-ring (bicyclic) bond motifs is 9. The van der Waals surface area contributed by atoms with Gasteiger partial charge in [0.25, 0.3) is 5.56 Å². The summed E-state index contributed by atoms with van der Waals surface area (Å²) in [4.78, 5) is 20.9. The van der Waals surface area contributed by atoms with Crippen molar-refractivity contribution in [3.63, 3.8) is 0 Å². The molecule has 2 aromatic heterocycles. The van der Waals surface area contributed by atoms with Gasteiger partial charge in [-0.3, -0.25) is 9.36 Å². The lowest BCUT2D eigenvalue weighted by Crippen LogP contribution is -2.43. The molecule has 0 N–H and O–H groups in total. The first kappa shape index (κ1) is 21.4. The van der Waals surface area contributed by atoms with Crippen molar-refractivity contribution in [2.24, 2.45) is 11.8 Å². The molecular weight excluding hydrogens is 452 g/mol. The molecule has 1 saturated carbocycles. The number of thiophene rings is 1. The van der Waals surface area contributed by atoms with E-state index in [1.54, 1.807) is 29.3 Å². The first-order valence-corrected chi connectivity index (χ1v) is 13.6. The highest BCUT2D eigenvalue weighted by Gasteiger charge is 2.54. The van der Waals surface area contributed by atoms with Gasteiger partial charge < -0.3 is 4.74 Å². The Bertz CT molecular complexity index is 1500. The molecule has 4 aromatic rings. The molecule has 0 saturated heterocycles. The van der Waals surface area contributed by atoms with Gasteiger partial charge in [0.15, 0.2) is 0 Å². The largest absolute Gasteiger partial charge is 0.497 e.